The van der Waals surface area contributed by atoms with Gasteiger partial charge in [0, 0.05) is 10.6 Å². The number of halogens is 4. The van der Waals surface area contributed by atoms with Gasteiger partial charge in [0.1, 0.15) is 16.4 Å². The van der Waals surface area contributed by atoms with E-state index in [4.69, 9.17) is 16.3 Å². The van der Waals surface area contributed by atoms with E-state index in [2.05, 4.69) is 4.98 Å². The second-order valence-electron chi connectivity index (χ2n) is 4.91. The molecule has 5 nitrogen and oxygen atoms in total. The molecular formula is C15H12ClF3N2O3S. The topological polar surface area (TPSA) is 68.3 Å². The van der Waals surface area contributed by atoms with Gasteiger partial charge in [0.25, 0.3) is 5.91 Å². The van der Waals surface area contributed by atoms with E-state index in [1.165, 1.54) is 0 Å². The summed E-state index contributed by atoms with van der Waals surface area (Å²) in [4.78, 5) is 27.7. The second-order valence-corrected chi connectivity index (χ2v) is 6.34. The molecule has 1 heterocycles. The van der Waals surface area contributed by atoms with Gasteiger partial charge in [-0.15, -0.1) is 11.3 Å². The van der Waals surface area contributed by atoms with Gasteiger partial charge in [0.2, 0.25) is 0 Å². The molecule has 0 aliphatic heterocycles. The number of ether oxygens (including phenoxy) is 1. The highest BCUT2D eigenvalue weighted by molar-refractivity contribution is 7.17. The summed E-state index contributed by atoms with van der Waals surface area (Å²) in [7, 11) is 0. The van der Waals surface area contributed by atoms with E-state index in [-0.39, 0.29) is 4.88 Å². The first-order chi connectivity index (χ1) is 11.7. The van der Waals surface area contributed by atoms with Crippen LogP contribution in [-0.4, -0.2) is 36.2 Å². The summed E-state index contributed by atoms with van der Waals surface area (Å²) in [6, 6.07) is 6.83. The number of aromatic nitrogens is 1. The van der Waals surface area contributed by atoms with Crippen molar-refractivity contribution in [3.8, 4) is 10.6 Å². The minimum absolute atomic E-state index is 0.175. The molecule has 0 aliphatic carbocycles. The molecule has 1 aromatic heterocycles. The average Bonchev–Trinajstić information content (AvgIpc) is 2.92. The van der Waals surface area contributed by atoms with Gasteiger partial charge >= 0.3 is 12.1 Å². The number of rotatable bonds is 5. The molecule has 0 radical (unpaired) electrons. The Bertz CT molecular complexity index is 775. The maximum atomic E-state index is 12.0. The molecule has 0 saturated heterocycles. The number of benzene rings is 1. The molecule has 0 unspecified atom stereocenters. The van der Waals surface area contributed by atoms with E-state index in [0.717, 1.165) is 16.9 Å². The lowest BCUT2D eigenvalue weighted by Gasteiger charge is -2.08. The molecule has 1 aromatic carbocycles. The van der Waals surface area contributed by atoms with Crippen LogP contribution in [-0.2, 0) is 9.53 Å². The highest BCUT2D eigenvalue weighted by atomic mass is 35.5. The van der Waals surface area contributed by atoms with Crippen LogP contribution in [0.25, 0.3) is 10.6 Å². The molecule has 25 heavy (non-hydrogen) atoms. The quantitative estimate of drug-likeness (QED) is 0.789. The van der Waals surface area contributed by atoms with Crippen LogP contribution in [0.5, 0.6) is 0 Å². The Hall–Kier alpha value is -2.13. The van der Waals surface area contributed by atoms with Crippen molar-refractivity contribution in [2.24, 2.45) is 0 Å². The predicted molar refractivity (Wildman–Crippen MR) is 86.6 cm³/mol. The third-order valence-electron chi connectivity index (χ3n) is 2.89. The summed E-state index contributed by atoms with van der Waals surface area (Å²) in [6.07, 6.45) is -4.53. The van der Waals surface area contributed by atoms with Gasteiger partial charge in [0.15, 0.2) is 6.61 Å². The lowest BCUT2D eigenvalue weighted by atomic mass is 10.2. The standard InChI is InChI=1S/C15H12ClF3N2O3S/c1-8-12(14(23)24-6-11(22)20-7-15(17,18)19)25-13(21-8)9-2-4-10(16)5-3-9/h2-5H,6-7H2,1H3,(H,20,22). The molecule has 0 saturated carbocycles. The van der Waals surface area contributed by atoms with Crippen molar-refractivity contribution >= 4 is 34.8 Å². The summed E-state index contributed by atoms with van der Waals surface area (Å²) in [6.45, 7) is -0.692. The molecule has 1 amide bonds. The first-order valence-electron chi connectivity index (χ1n) is 6.89. The number of nitrogens with zero attached hydrogens (tertiary/aromatic N) is 1. The van der Waals surface area contributed by atoms with Gasteiger partial charge in [-0.2, -0.15) is 13.2 Å². The zero-order valence-electron chi connectivity index (χ0n) is 12.8. The number of carbonyl (C=O) groups excluding carboxylic acids is 2. The molecule has 2 rings (SSSR count). The van der Waals surface area contributed by atoms with Crippen molar-refractivity contribution in [2.45, 2.75) is 13.1 Å². The lowest BCUT2D eigenvalue weighted by molar-refractivity contribution is -0.140. The fraction of sp³-hybridized carbons (Fsp3) is 0.267. The SMILES string of the molecule is Cc1nc(-c2ccc(Cl)cc2)sc1C(=O)OCC(=O)NCC(F)(F)F. The summed E-state index contributed by atoms with van der Waals surface area (Å²) >= 11 is 6.87. The average molecular weight is 393 g/mol. The second kappa shape index (κ2) is 7.83. The number of thiazole rings is 1. The van der Waals surface area contributed by atoms with E-state index < -0.39 is 31.2 Å². The first kappa shape index (κ1) is 19.2. The highest BCUT2D eigenvalue weighted by Crippen LogP contribution is 2.29. The third-order valence-corrected chi connectivity index (χ3v) is 4.33. The Morgan fingerprint density at radius 1 is 1.28 bits per heavy atom. The largest absolute Gasteiger partial charge is 0.451 e. The van der Waals surface area contributed by atoms with Crippen LogP contribution in [0.15, 0.2) is 24.3 Å². The molecule has 0 aliphatic rings. The minimum Gasteiger partial charge on any atom is -0.451 e. The van der Waals surface area contributed by atoms with Crippen molar-refractivity contribution in [3.05, 3.63) is 39.9 Å². The van der Waals surface area contributed by atoms with Gasteiger partial charge in [-0.05, 0) is 19.1 Å². The Balaban J connectivity index is 1.98. The number of esters is 1. The number of carbonyl (C=O) groups is 2. The monoisotopic (exact) mass is 392 g/mol. The van der Waals surface area contributed by atoms with Crippen LogP contribution in [0.2, 0.25) is 5.02 Å². The molecular weight excluding hydrogens is 381 g/mol. The molecule has 0 atom stereocenters. The van der Waals surface area contributed by atoms with E-state index in [9.17, 15) is 22.8 Å². The maximum absolute atomic E-state index is 12.0. The van der Waals surface area contributed by atoms with Crippen molar-refractivity contribution in [1.29, 1.82) is 0 Å². The number of aryl methyl sites for hydroxylation is 1. The molecule has 0 fully saturated rings. The van der Waals surface area contributed by atoms with Gasteiger partial charge < -0.3 is 10.1 Å². The van der Waals surface area contributed by atoms with E-state index in [1.54, 1.807) is 36.5 Å². The fourth-order valence-corrected chi connectivity index (χ4v) is 2.84. The van der Waals surface area contributed by atoms with Crippen molar-refractivity contribution in [2.75, 3.05) is 13.2 Å². The van der Waals surface area contributed by atoms with Crippen molar-refractivity contribution in [1.82, 2.24) is 10.3 Å². The number of nitrogens with one attached hydrogen (secondary N) is 1. The predicted octanol–water partition coefficient (Wildman–Crippen LogP) is 3.61. The third kappa shape index (κ3) is 5.71. The van der Waals surface area contributed by atoms with Crippen LogP contribution in [0.3, 0.4) is 0 Å². The van der Waals surface area contributed by atoms with Gasteiger partial charge in [0.05, 0.1) is 5.69 Å². The van der Waals surface area contributed by atoms with Crippen LogP contribution >= 0.6 is 22.9 Å². The van der Waals surface area contributed by atoms with Crippen LogP contribution < -0.4 is 5.32 Å². The molecule has 10 heteroatoms. The molecule has 2 aromatic rings. The zero-order chi connectivity index (χ0) is 18.6. The molecule has 134 valence electrons. The number of amides is 1. The summed E-state index contributed by atoms with van der Waals surface area (Å²) in [5.41, 5.74) is 1.15. The van der Waals surface area contributed by atoms with Gasteiger partial charge in [-0.1, -0.05) is 23.7 Å². The highest BCUT2D eigenvalue weighted by Gasteiger charge is 2.28. The summed E-state index contributed by atoms with van der Waals surface area (Å²) in [5, 5.41) is 2.73. The van der Waals surface area contributed by atoms with Gasteiger partial charge in [-0.3, -0.25) is 4.79 Å². The van der Waals surface area contributed by atoms with Crippen LogP contribution in [0.1, 0.15) is 15.4 Å². The number of alkyl halides is 3. The minimum atomic E-state index is -4.53. The Morgan fingerprint density at radius 3 is 2.52 bits per heavy atom. The number of hydrogen-bond acceptors (Lipinski definition) is 5. The van der Waals surface area contributed by atoms with Crippen LogP contribution in [0.4, 0.5) is 13.2 Å². The Morgan fingerprint density at radius 2 is 1.92 bits per heavy atom. The summed E-state index contributed by atoms with van der Waals surface area (Å²) in [5.74, 6) is -1.86. The molecule has 0 bridgehead atoms. The fourth-order valence-electron chi connectivity index (χ4n) is 1.75. The smallest absolute Gasteiger partial charge is 0.405 e. The van der Waals surface area contributed by atoms with Gasteiger partial charge in [-0.25, -0.2) is 9.78 Å². The van der Waals surface area contributed by atoms with Crippen LogP contribution in [0, 0.1) is 6.92 Å². The van der Waals surface area contributed by atoms with Crippen molar-refractivity contribution < 1.29 is 27.5 Å². The summed E-state index contributed by atoms with van der Waals surface area (Å²) < 4.78 is 40.7. The van der Waals surface area contributed by atoms with E-state index in [1.807, 2.05) is 0 Å². The van der Waals surface area contributed by atoms with Crippen molar-refractivity contribution in [3.63, 3.8) is 0 Å². The molecule has 1 N–H and O–H groups in total. The molecule has 0 spiro atoms. The number of hydrogen-bond donors (Lipinski definition) is 1. The zero-order valence-corrected chi connectivity index (χ0v) is 14.4. The maximum Gasteiger partial charge on any atom is 0.405 e. The normalized spacial score (nSPS) is 11.2. The first-order valence-corrected chi connectivity index (χ1v) is 8.09. The van der Waals surface area contributed by atoms with E-state index >= 15 is 0 Å². The Labute approximate surface area is 149 Å². The Kier molecular flexibility index (Phi) is 6.02. The van der Waals surface area contributed by atoms with E-state index in [0.29, 0.717) is 15.7 Å². The lowest BCUT2D eigenvalue weighted by Crippen LogP contribution is -2.36.